The Bertz CT molecular complexity index is 186. The molecule has 0 aromatic carbocycles. The Kier molecular flexibility index (Phi) is 5.82. The molecule has 0 aliphatic carbocycles. The van der Waals surface area contributed by atoms with E-state index in [9.17, 15) is 9.59 Å². The molecule has 0 heterocycles. The van der Waals surface area contributed by atoms with Crippen molar-refractivity contribution >= 4 is 11.9 Å². The Morgan fingerprint density at radius 2 is 1.93 bits per heavy atom. The summed E-state index contributed by atoms with van der Waals surface area (Å²) in [6, 6.07) is -1.48. The highest BCUT2D eigenvalue weighted by atomic mass is 16.4. The van der Waals surface area contributed by atoms with Crippen LogP contribution in [-0.4, -0.2) is 40.8 Å². The molecule has 14 heavy (non-hydrogen) atoms. The van der Waals surface area contributed by atoms with E-state index in [4.69, 9.17) is 15.9 Å². The van der Waals surface area contributed by atoms with Crippen molar-refractivity contribution in [3.05, 3.63) is 0 Å². The average molecular weight is 204 g/mol. The molecule has 0 aliphatic heterocycles. The third kappa shape index (κ3) is 5.50. The Morgan fingerprint density at radius 1 is 1.36 bits per heavy atom. The third-order valence-corrected chi connectivity index (χ3v) is 1.83. The second-order valence-corrected chi connectivity index (χ2v) is 3.10. The molecule has 0 saturated heterocycles. The van der Waals surface area contributed by atoms with Gasteiger partial charge in [0.2, 0.25) is 0 Å². The van der Waals surface area contributed by atoms with Crippen LogP contribution in [0.4, 0.5) is 0 Å². The van der Waals surface area contributed by atoms with E-state index in [2.05, 4.69) is 5.32 Å². The minimum atomic E-state index is -1.03. The summed E-state index contributed by atoms with van der Waals surface area (Å²) in [4.78, 5) is 20.7. The van der Waals surface area contributed by atoms with Gasteiger partial charge in [-0.3, -0.25) is 9.59 Å². The van der Waals surface area contributed by atoms with E-state index >= 15 is 0 Å². The lowest BCUT2D eigenvalue weighted by Crippen LogP contribution is -2.36. The molecule has 2 atom stereocenters. The van der Waals surface area contributed by atoms with Gasteiger partial charge in [-0.15, -0.1) is 0 Å². The lowest BCUT2D eigenvalue weighted by molar-refractivity contribution is -0.140. The van der Waals surface area contributed by atoms with Crippen LogP contribution in [0.3, 0.4) is 0 Å². The van der Waals surface area contributed by atoms with Crippen LogP contribution in [0.15, 0.2) is 0 Å². The number of hydrogen-bond acceptors (Lipinski definition) is 4. The van der Waals surface area contributed by atoms with Crippen LogP contribution in [0, 0.1) is 0 Å². The van der Waals surface area contributed by atoms with Crippen molar-refractivity contribution in [2.45, 2.75) is 31.8 Å². The Hall–Kier alpha value is -1.14. The van der Waals surface area contributed by atoms with Crippen LogP contribution >= 0.6 is 0 Å². The SMILES string of the molecule is CC(NCCCC(N)C(=O)O)C(=O)O. The highest BCUT2D eigenvalue weighted by Crippen LogP contribution is 1.93. The maximum atomic E-state index is 10.4. The van der Waals surface area contributed by atoms with Gasteiger partial charge in [-0.2, -0.15) is 0 Å². The molecule has 0 rings (SSSR count). The predicted molar refractivity (Wildman–Crippen MR) is 49.9 cm³/mol. The fourth-order valence-corrected chi connectivity index (χ4v) is 0.851. The van der Waals surface area contributed by atoms with E-state index in [0.717, 1.165) is 0 Å². The molecule has 0 spiro atoms. The van der Waals surface area contributed by atoms with Crippen molar-refractivity contribution in [1.82, 2.24) is 5.32 Å². The number of nitrogens with one attached hydrogen (secondary N) is 1. The first-order valence-electron chi connectivity index (χ1n) is 4.39. The van der Waals surface area contributed by atoms with Crippen LogP contribution in [0.5, 0.6) is 0 Å². The Morgan fingerprint density at radius 3 is 2.36 bits per heavy atom. The molecule has 2 unspecified atom stereocenters. The third-order valence-electron chi connectivity index (χ3n) is 1.83. The first-order chi connectivity index (χ1) is 6.45. The molecule has 6 heteroatoms. The fraction of sp³-hybridized carbons (Fsp3) is 0.750. The van der Waals surface area contributed by atoms with E-state index in [1.165, 1.54) is 6.92 Å². The minimum Gasteiger partial charge on any atom is -0.480 e. The molecule has 82 valence electrons. The summed E-state index contributed by atoms with van der Waals surface area (Å²) in [7, 11) is 0. The molecule has 0 aliphatic rings. The maximum Gasteiger partial charge on any atom is 0.320 e. The largest absolute Gasteiger partial charge is 0.480 e. The van der Waals surface area contributed by atoms with E-state index in [1.54, 1.807) is 0 Å². The summed E-state index contributed by atoms with van der Waals surface area (Å²) in [6.45, 7) is 1.98. The zero-order valence-electron chi connectivity index (χ0n) is 8.06. The average Bonchev–Trinajstić information content (AvgIpc) is 2.11. The zero-order chi connectivity index (χ0) is 11.1. The molecular weight excluding hydrogens is 188 g/mol. The van der Waals surface area contributed by atoms with Crippen LogP contribution < -0.4 is 11.1 Å². The highest BCUT2D eigenvalue weighted by molar-refractivity contribution is 5.73. The van der Waals surface area contributed by atoms with Crippen molar-refractivity contribution in [2.24, 2.45) is 5.73 Å². The number of nitrogens with two attached hydrogens (primary N) is 1. The van der Waals surface area contributed by atoms with Gasteiger partial charge < -0.3 is 21.3 Å². The van der Waals surface area contributed by atoms with Crippen LogP contribution in [0.25, 0.3) is 0 Å². The van der Waals surface area contributed by atoms with Gasteiger partial charge in [0.1, 0.15) is 12.1 Å². The first-order valence-corrected chi connectivity index (χ1v) is 4.39. The number of aliphatic carboxylic acids is 2. The molecule has 5 N–H and O–H groups in total. The van der Waals surface area contributed by atoms with E-state index < -0.39 is 24.0 Å². The Labute approximate surface area is 82.1 Å². The number of carboxylic acid groups (broad SMARTS) is 2. The summed E-state index contributed by atoms with van der Waals surface area (Å²) in [5.41, 5.74) is 5.25. The Balaban J connectivity index is 3.47. The van der Waals surface area contributed by atoms with Crippen LogP contribution in [-0.2, 0) is 9.59 Å². The summed E-state index contributed by atoms with van der Waals surface area (Å²) in [6.07, 6.45) is 0.889. The number of carbonyl (C=O) groups is 2. The molecule has 0 fully saturated rings. The molecule has 0 amide bonds. The van der Waals surface area contributed by atoms with E-state index in [0.29, 0.717) is 19.4 Å². The smallest absolute Gasteiger partial charge is 0.320 e. The number of carboxylic acids is 2. The van der Waals surface area contributed by atoms with Gasteiger partial charge in [-0.1, -0.05) is 0 Å². The number of hydrogen-bond donors (Lipinski definition) is 4. The topological polar surface area (TPSA) is 113 Å². The van der Waals surface area contributed by atoms with Gasteiger partial charge in [0.25, 0.3) is 0 Å². The van der Waals surface area contributed by atoms with Gasteiger partial charge in [0, 0.05) is 0 Å². The van der Waals surface area contributed by atoms with Gasteiger partial charge in [-0.05, 0) is 26.3 Å². The summed E-state index contributed by atoms with van der Waals surface area (Å²) >= 11 is 0. The molecule has 0 radical (unpaired) electrons. The second kappa shape index (κ2) is 6.33. The van der Waals surface area contributed by atoms with Gasteiger partial charge >= 0.3 is 11.9 Å². The molecule has 0 aromatic rings. The van der Waals surface area contributed by atoms with E-state index in [-0.39, 0.29) is 0 Å². The molecule has 6 nitrogen and oxygen atoms in total. The fourth-order valence-electron chi connectivity index (χ4n) is 0.851. The van der Waals surface area contributed by atoms with Crippen molar-refractivity contribution in [2.75, 3.05) is 6.54 Å². The van der Waals surface area contributed by atoms with E-state index in [1.807, 2.05) is 0 Å². The standard InChI is InChI=1S/C8H16N2O4/c1-5(7(11)12)10-4-2-3-6(9)8(13)14/h5-6,10H,2-4,9H2,1H3,(H,11,12)(H,13,14). The van der Waals surface area contributed by atoms with Gasteiger partial charge in [0.15, 0.2) is 0 Å². The maximum absolute atomic E-state index is 10.4. The molecule has 0 saturated carbocycles. The summed E-state index contributed by atoms with van der Waals surface area (Å²) in [5.74, 6) is -1.95. The van der Waals surface area contributed by atoms with Crippen LogP contribution in [0.2, 0.25) is 0 Å². The quantitative estimate of drug-likeness (QED) is 0.405. The molecular formula is C8H16N2O4. The zero-order valence-corrected chi connectivity index (χ0v) is 8.06. The first kappa shape index (κ1) is 12.9. The minimum absolute atomic E-state index is 0.342. The van der Waals surface area contributed by atoms with Crippen molar-refractivity contribution in [3.8, 4) is 0 Å². The van der Waals surface area contributed by atoms with Gasteiger partial charge in [-0.25, -0.2) is 0 Å². The number of rotatable bonds is 7. The van der Waals surface area contributed by atoms with Crippen molar-refractivity contribution in [3.63, 3.8) is 0 Å². The lowest BCUT2D eigenvalue weighted by atomic mass is 10.1. The second-order valence-electron chi connectivity index (χ2n) is 3.10. The normalized spacial score (nSPS) is 14.7. The molecule has 0 bridgehead atoms. The summed E-state index contributed by atoms with van der Waals surface area (Å²) in [5, 5.41) is 19.7. The monoisotopic (exact) mass is 204 g/mol. The predicted octanol–water partition coefficient (Wildman–Crippen LogP) is -0.759. The van der Waals surface area contributed by atoms with Crippen LogP contribution in [0.1, 0.15) is 19.8 Å². The van der Waals surface area contributed by atoms with Crippen molar-refractivity contribution in [1.29, 1.82) is 0 Å². The van der Waals surface area contributed by atoms with Crippen molar-refractivity contribution < 1.29 is 19.8 Å². The highest BCUT2D eigenvalue weighted by Gasteiger charge is 2.12. The summed E-state index contributed by atoms with van der Waals surface area (Å²) < 4.78 is 0. The van der Waals surface area contributed by atoms with Gasteiger partial charge in [0.05, 0.1) is 0 Å². The molecule has 0 aromatic heterocycles. The lowest BCUT2D eigenvalue weighted by Gasteiger charge is -2.09.